The van der Waals surface area contributed by atoms with Gasteiger partial charge in [-0.05, 0) is 55.3 Å². The Morgan fingerprint density at radius 3 is 1.59 bits per heavy atom. The lowest BCUT2D eigenvalue weighted by Crippen LogP contribution is -2.35. The number of nitrogens with one attached hydrogen (secondary N) is 1. The summed E-state index contributed by atoms with van der Waals surface area (Å²) < 4.78 is 0. The van der Waals surface area contributed by atoms with Gasteiger partial charge in [-0.2, -0.15) is 0 Å². The molecule has 0 fully saturated rings. The Morgan fingerprint density at radius 1 is 0.852 bits per heavy atom. The summed E-state index contributed by atoms with van der Waals surface area (Å²) in [5, 5.41) is 38.0. The minimum atomic E-state index is -1.02. The van der Waals surface area contributed by atoms with Crippen LogP contribution in [0.1, 0.15) is 11.1 Å². The molecule has 0 heterocycles. The predicted octanol–water partition coefficient (Wildman–Crippen LogP) is 0.954. The minimum absolute atomic E-state index is 0.160. The van der Waals surface area contributed by atoms with Crippen LogP contribution >= 0.6 is 0 Å². The molecule has 0 aliphatic carbocycles. The molecular weight excluding hydrogens is 352 g/mol. The number of aliphatic carboxylic acids is 2. The number of hydrogen-bond acceptors (Lipinski definition) is 6. The highest BCUT2D eigenvalue weighted by Gasteiger charge is 2.14. The molecule has 0 saturated heterocycles. The molecule has 146 valence electrons. The van der Waals surface area contributed by atoms with Crippen LogP contribution in [0.15, 0.2) is 48.5 Å². The quantitative estimate of drug-likeness (QED) is 0.418. The molecule has 2 aromatic carbocycles. The van der Waals surface area contributed by atoms with Crippen LogP contribution in [0.25, 0.3) is 0 Å². The molecule has 2 aromatic rings. The van der Waals surface area contributed by atoms with Crippen molar-refractivity contribution < 1.29 is 30.0 Å². The van der Waals surface area contributed by atoms with Crippen molar-refractivity contribution in [1.29, 1.82) is 0 Å². The number of likely N-dealkylation sites (N-methyl/N-ethyl adjacent to an activating group) is 1. The number of phenols is 2. The molecule has 7 N–H and O–H groups in total. The van der Waals surface area contributed by atoms with Crippen LogP contribution in [-0.2, 0) is 22.4 Å². The molecule has 0 spiro atoms. The molecule has 2 atom stereocenters. The van der Waals surface area contributed by atoms with Crippen molar-refractivity contribution in [3.05, 3.63) is 59.7 Å². The lowest BCUT2D eigenvalue weighted by Gasteiger charge is -2.10. The van der Waals surface area contributed by atoms with Crippen LogP contribution in [0.4, 0.5) is 0 Å². The van der Waals surface area contributed by atoms with E-state index in [4.69, 9.17) is 26.2 Å². The summed E-state index contributed by atoms with van der Waals surface area (Å²) in [7, 11) is 1.61. The second kappa shape index (κ2) is 10.8. The first-order valence-corrected chi connectivity index (χ1v) is 8.17. The van der Waals surface area contributed by atoms with Crippen molar-refractivity contribution in [2.24, 2.45) is 5.73 Å². The van der Waals surface area contributed by atoms with Gasteiger partial charge in [-0.15, -0.1) is 0 Å². The number of rotatable bonds is 7. The average Bonchev–Trinajstić information content (AvgIpc) is 2.63. The van der Waals surface area contributed by atoms with E-state index in [9.17, 15) is 9.59 Å². The number of hydrogen-bond donors (Lipinski definition) is 6. The van der Waals surface area contributed by atoms with E-state index in [0.29, 0.717) is 6.42 Å². The predicted molar refractivity (Wildman–Crippen MR) is 99.7 cm³/mol. The lowest BCUT2D eigenvalue weighted by atomic mass is 10.1. The Kier molecular flexibility index (Phi) is 8.77. The van der Waals surface area contributed by atoms with E-state index in [0.717, 1.165) is 11.1 Å². The molecule has 0 bridgehead atoms. The van der Waals surface area contributed by atoms with Crippen LogP contribution in [0.3, 0.4) is 0 Å². The number of carbonyl (C=O) groups is 2. The summed E-state index contributed by atoms with van der Waals surface area (Å²) >= 11 is 0. The third-order valence-corrected chi connectivity index (χ3v) is 3.73. The Bertz CT molecular complexity index is 731. The Hall–Kier alpha value is -3.10. The zero-order valence-corrected chi connectivity index (χ0v) is 14.9. The monoisotopic (exact) mass is 376 g/mol. The Morgan fingerprint density at radius 2 is 1.26 bits per heavy atom. The topological polar surface area (TPSA) is 153 Å². The van der Waals surface area contributed by atoms with Crippen molar-refractivity contribution in [2.75, 3.05) is 7.05 Å². The van der Waals surface area contributed by atoms with Crippen molar-refractivity contribution in [3.8, 4) is 11.5 Å². The maximum absolute atomic E-state index is 10.7. The van der Waals surface area contributed by atoms with Gasteiger partial charge in [0, 0.05) is 0 Å². The zero-order chi connectivity index (χ0) is 20.4. The van der Waals surface area contributed by atoms with E-state index in [1.54, 1.807) is 43.4 Å². The summed E-state index contributed by atoms with van der Waals surface area (Å²) in [5.41, 5.74) is 7.00. The van der Waals surface area contributed by atoms with Gasteiger partial charge in [0.05, 0.1) is 0 Å². The lowest BCUT2D eigenvalue weighted by molar-refractivity contribution is -0.139. The molecule has 8 nitrogen and oxygen atoms in total. The van der Waals surface area contributed by atoms with Crippen LogP contribution in [-0.4, -0.2) is 51.5 Å². The van der Waals surface area contributed by atoms with Crippen molar-refractivity contribution >= 4 is 11.9 Å². The summed E-state index contributed by atoms with van der Waals surface area (Å²) in [6.07, 6.45) is 0.682. The van der Waals surface area contributed by atoms with E-state index < -0.39 is 24.0 Å². The van der Waals surface area contributed by atoms with E-state index in [1.807, 2.05) is 0 Å². The Balaban J connectivity index is 0.000000271. The third-order valence-electron chi connectivity index (χ3n) is 3.73. The van der Waals surface area contributed by atoms with Crippen LogP contribution in [0, 0.1) is 0 Å². The smallest absolute Gasteiger partial charge is 0.321 e. The summed E-state index contributed by atoms with van der Waals surface area (Å²) in [5.74, 6) is -1.55. The van der Waals surface area contributed by atoms with E-state index >= 15 is 0 Å². The zero-order valence-electron chi connectivity index (χ0n) is 14.9. The molecule has 0 aliphatic rings. The van der Waals surface area contributed by atoms with Gasteiger partial charge in [0.2, 0.25) is 0 Å². The number of carboxylic acids is 2. The summed E-state index contributed by atoms with van der Waals surface area (Å²) in [6, 6.07) is 11.4. The molecule has 8 heteroatoms. The number of aromatic hydroxyl groups is 2. The standard InChI is InChI=1S/C10H13NO3.C9H11NO3/c1-11-9(10(13)14)6-7-2-4-8(12)5-3-7;10-8(9(12)13)5-6-1-3-7(11)4-2-6/h2-5,9,11-12H,6H2,1H3,(H,13,14);1-4,8,11H,5,10H2,(H,12,13)/t;8-/m.1/s1. The number of benzene rings is 2. The van der Waals surface area contributed by atoms with Gasteiger partial charge in [0.1, 0.15) is 23.6 Å². The molecule has 0 saturated carbocycles. The number of phenolic OH excluding ortho intramolecular Hbond substituents is 2. The highest BCUT2D eigenvalue weighted by molar-refractivity contribution is 5.74. The number of carboxylic acid groups (broad SMARTS) is 2. The maximum atomic E-state index is 10.7. The van der Waals surface area contributed by atoms with Gasteiger partial charge < -0.3 is 31.5 Å². The SMILES string of the molecule is CNC(Cc1ccc(O)cc1)C(=O)O.N[C@H](Cc1ccc(O)cc1)C(=O)O. The summed E-state index contributed by atoms with van der Waals surface area (Å²) in [4.78, 5) is 21.1. The van der Waals surface area contributed by atoms with E-state index in [1.165, 1.54) is 12.1 Å². The normalized spacial score (nSPS) is 12.4. The fraction of sp³-hybridized carbons (Fsp3) is 0.263. The number of nitrogens with two attached hydrogens (primary N) is 1. The fourth-order valence-corrected chi connectivity index (χ4v) is 2.15. The first-order chi connectivity index (χ1) is 12.7. The fourth-order valence-electron chi connectivity index (χ4n) is 2.15. The van der Waals surface area contributed by atoms with Gasteiger partial charge in [-0.3, -0.25) is 9.59 Å². The Labute approximate surface area is 156 Å². The van der Waals surface area contributed by atoms with E-state index in [-0.39, 0.29) is 17.9 Å². The van der Waals surface area contributed by atoms with E-state index in [2.05, 4.69) is 5.32 Å². The minimum Gasteiger partial charge on any atom is -0.508 e. The van der Waals surface area contributed by atoms with Crippen molar-refractivity contribution in [1.82, 2.24) is 5.32 Å². The van der Waals surface area contributed by atoms with Crippen molar-refractivity contribution in [2.45, 2.75) is 24.9 Å². The molecule has 1 unspecified atom stereocenters. The van der Waals surface area contributed by atoms with Crippen molar-refractivity contribution in [3.63, 3.8) is 0 Å². The highest BCUT2D eigenvalue weighted by atomic mass is 16.4. The molecule has 0 aliphatic heterocycles. The second-order valence-corrected chi connectivity index (χ2v) is 5.87. The molecular formula is C19H24N2O6. The van der Waals surface area contributed by atoms with Crippen LogP contribution < -0.4 is 11.1 Å². The van der Waals surface area contributed by atoms with Crippen LogP contribution in [0.2, 0.25) is 0 Å². The first kappa shape index (κ1) is 21.9. The molecule has 2 rings (SSSR count). The first-order valence-electron chi connectivity index (χ1n) is 8.17. The third kappa shape index (κ3) is 8.21. The highest BCUT2D eigenvalue weighted by Crippen LogP contribution is 2.11. The largest absolute Gasteiger partial charge is 0.508 e. The molecule has 0 aromatic heterocycles. The van der Waals surface area contributed by atoms with Gasteiger partial charge in [0.25, 0.3) is 0 Å². The van der Waals surface area contributed by atoms with Gasteiger partial charge in [-0.25, -0.2) is 0 Å². The summed E-state index contributed by atoms with van der Waals surface area (Å²) in [6.45, 7) is 0. The van der Waals surface area contributed by atoms with Gasteiger partial charge >= 0.3 is 11.9 Å². The maximum Gasteiger partial charge on any atom is 0.321 e. The molecule has 27 heavy (non-hydrogen) atoms. The second-order valence-electron chi connectivity index (χ2n) is 5.87. The molecule has 0 radical (unpaired) electrons. The van der Waals surface area contributed by atoms with Gasteiger partial charge in [0.15, 0.2) is 0 Å². The molecule has 0 amide bonds. The average molecular weight is 376 g/mol. The van der Waals surface area contributed by atoms with Gasteiger partial charge in [-0.1, -0.05) is 24.3 Å². The van der Waals surface area contributed by atoms with Crippen LogP contribution in [0.5, 0.6) is 11.5 Å².